The maximum atomic E-state index is 12.4. The van der Waals surface area contributed by atoms with Crippen molar-refractivity contribution in [2.45, 2.75) is 31.1 Å². The first-order chi connectivity index (χ1) is 9.40. The summed E-state index contributed by atoms with van der Waals surface area (Å²) in [4.78, 5) is 0.219. The molecule has 0 amide bonds. The van der Waals surface area contributed by atoms with Gasteiger partial charge in [-0.2, -0.15) is 0 Å². The summed E-state index contributed by atoms with van der Waals surface area (Å²) < 4.78 is 32.5. The van der Waals surface area contributed by atoms with Gasteiger partial charge in [-0.05, 0) is 48.4 Å². The van der Waals surface area contributed by atoms with Gasteiger partial charge in [0.05, 0.1) is 12.0 Å². The largest absolute Gasteiger partial charge is 0.497 e. The van der Waals surface area contributed by atoms with Gasteiger partial charge in [0.1, 0.15) is 5.75 Å². The van der Waals surface area contributed by atoms with Gasteiger partial charge in [0.15, 0.2) is 0 Å². The van der Waals surface area contributed by atoms with Crippen molar-refractivity contribution in [3.05, 3.63) is 23.8 Å². The number of benzene rings is 1. The molecule has 1 aliphatic carbocycles. The summed E-state index contributed by atoms with van der Waals surface area (Å²) in [5.41, 5.74) is 0.678. The highest BCUT2D eigenvalue weighted by molar-refractivity contribution is 7.89. The number of sulfonamides is 1. The van der Waals surface area contributed by atoms with E-state index in [1.165, 1.54) is 13.2 Å². The third-order valence-corrected chi connectivity index (χ3v) is 5.23. The van der Waals surface area contributed by atoms with Crippen molar-refractivity contribution in [2.24, 2.45) is 5.41 Å². The maximum Gasteiger partial charge on any atom is 0.240 e. The predicted octanol–water partition coefficient (Wildman–Crippen LogP) is 1.31. The van der Waals surface area contributed by atoms with Crippen LogP contribution in [0.1, 0.15) is 25.3 Å². The number of methoxy groups -OCH3 is 1. The Balaban J connectivity index is 2.24. The van der Waals surface area contributed by atoms with Crippen molar-refractivity contribution in [1.29, 1.82) is 0 Å². The van der Waals surface area contributed by atoms with Crippen molar-refractivity contribution in [3.8, 4) is 5.75 Å². The van der Waals surface area contributed by atoms with Crippen LogP contribution in [-0.2, 0) is 16.4 Å². The smallest absolute Gasteiger partial charge is 0.240 e. The summed E-state index contributed by atoms with van der Waals surface area (Å²) in [7, 11) is -2.02. The van der Waals surface area contributed by atoms with Crippen LogP contribution < -0.4 is 9.46 Å². The molecule has 0 bridgehead atoms. The molecule has 0 spiro atoms. The Labute approximate surface area is 120 Å². The summed E-state index contributed by atoms with van der Waals surface area (Å²) in [6.45, 7) is 2.42. The molecule has 1 fully saturated rings. The summed E-state index contributed by atoms with van der Waals surface area (Å²) in [6, 6.07) is 4.80. The fourth-order valence-corrected chi connectivity index (χ4v) is 3.45. The van der Waals surface area contributed by atoms with Crippen molar-refractivity contribution in [3.63, 3.8) is 0 Å². The van der Waals surface area contributed by atoms with Gasteiger partial charge in [-0.15, -0.1) is 0 Å². The first-order valence-electron chi connectivity index (χ1n) is 6.68. The van der Waals surface area contributed by atoms with Crippen LogP contribution in [0.25, 0.3) is 0 Å². The molecule has 1 aromatic carbocycles. The summed E-state index contributed by atoms with van der Waals surface area (Å²) >= 11 is 0. The van der Waals surface area contributed by atoms with Gasteiger partial charge in [0.25, 0.3) is 0 Å². The Hall–Kier alpha value is -1.11. The number of ether oxygens (including phenoxy) is 1. The first-order valence-corrected chi connectivity index (χ1v) is 8.16. The normalized spacial score (nSPS) is 16.9. The van der Waals surface area contributed by atoms with E-state index < -0.39 is 10.0 Å². The number of aliphatic hydroxyl groups excluding tert-OH is 1. The molecule has 6 heteroatoms. The van der Waals surface area contributed by atoms with Crippen molar-refractivity contribution < 1.29 is 18.3 Å². The van der Waals surface area contributed by atoms with E-state index in [-0.39, 0.29) is 23.3 Å². The molecule has 1 aromatic rings. The molecule has 112 valence electrons. The Morgan fingerprint density at radius 1 is 1.40 bits per heavy atom. The van der Waals surface area contributed by atoms with E-state index >= 15 is 0 Å². The number of nitrogens with one attached hydrogen (secondary N) is 1. The lowest BCUT2D eigenvalue weighted by atomic mass is 10.1. The Morgan fingerprint density at radius 3 is 2.65 bits per heavy atom. The summed E-state index contributed by atoms with van der Waals surface area (Å²) in [6.07, 6.45) is 2.40. The van der Waals surface area contributed by atoms with Gasteiger partial charge in [-0.1, -0.05) is 6.92 Å². The second kappa shape index (κ2) is 5.71. The van der Waals surface area contributed by atoms with Crippen LogP contribution in [0, 0.1) is 5.41 Å². The van der Waals surface area contributed by atoms with E-state index in [4.69, 9.17) is 9.84 Å². The fraction of sp³-hybridized carbons (Fsp3) is 0.571. The van der Waals surface area contributed by atoms with Gasteiger partial charge >= 0.3 is 0 Å². The highest BCUT2D eigenvalue weighted by atomic mass is 32.2. The number of hydrogen-bond donors (Lipinski definition) is 2. The highest BCUT2D eigenvalue weighted by Gasteiger charge is 2.38. The van der Waals surface area contributed by atoms with E-state index in [0.29, 0.717) is 17.9 Å². The average molecular weight is 299 g/mol. The summed E-state index contributed by atoms with van der Waals surface area (Å²) in [5, 5.41) is 9.09. The lowest BCUT2D eigenvalue weighted by Gasteiger charge is -2.14. The average Bonchev–Trinajstić information content (AvgIpc) is 3.15. The van der Waals surface area contributed by atoms with Gasteiger partial charge in [0.2, 0.25) is 10.0 Å². The van der Waals surface area contributed by atoms with E-state index in [2.05, 4.69) is 11.6 Å². The number of rotatable bonds is 7. The molecule has 1 saturated carbocycles. The number of aliphatic hydroxyl groups is 1. The SMILES string of the molecule is COc1ccc(S(=O)(=O)NCC2(C)CC2)c(CCO)c1. The van der Waals surface area contributed by atoms with Crippen molar-refractivity contribution in [1.82, 2.24) is 4.72 Å². The van der Waals surface area contributed by atoms with Crippen LogP contribution in [0.4, 0.5) is 0 Å². The standard InChI is InChI=1S/C14H21NO4S/c1-14(6-7-14)10-15-20(17,18)13-4-3-12(19-2)9-11(13)5-8-16/h3-4,9,15-16H,5-8,10H2,1-2H3. The molecule has 1 aliphatic rings. The zero-order valence-electron chi connectivity index (χ0n) is 11.8. The van der Waals surface area contributed by atoms with Crippen LogP contribution in [0.2, 0.25) is 0 Å². The van der Waals surface area contributed by atoms with Crippen molar-refractivity contribution in [2.75, 3.05) is 20.3 Å². The fourth-order valence-electron chi connectivity index (χ4n) is 2.00. The molecule has 0 aliphatic heterocycles. The van der Waals surface area contributed by atoms with Gasteiger partial charge in [0, 0.05) is 13.2 Å². The predicted molar refractivity (Wildman–Crippen MR) is 76.3 cm³/mol. The van der Waals surface area contributed by atoms with Crippen LogP contribution in [0.15, 0.2) is 23.1 Å². The summed E-state index contributed by atoms with van der Waals surface area (Å²) in [5.74, 6) is 0.585. The minimum Gasteiger partial charge on any atom is -0.497 e. The third kappa shape index (κ3) is 3.50. The first kappa shape index (κ1) is 15.3. The van der Waals surface area contributed by atoms with E-state index in [1.807, 2.05) is 0 Å². The zero-order valence-corrected chi connectivity index (χ0v) is 12.7. The minimum absolute atomic E-state index is 0.104. The third-order valence-electron chi connectivity index (χ3n) is 3.73. The Bertz CT molecular complexity index is 579. The van der Waals surface area contributed by atoms with Gasteiger partial charge in [-0.25, -0.2) is 13.1 Å². The van der Waals surface area contributed by atoms with Crippen molar-refractivity contribution >= 4 is 10.0 Å². The minimum atomic E-state index is -3.55. The molecular weight excluding hydrogens is 278 g/mol. The van der Waals surface area contributed by atoms with Crippen LogP contribution in [-0.4, -0.2) is 33.8 Å². The van der Waals surface area contributed by atoms with Crippen LogP contribution >= 0.6 is 0 Å². The van der Waals surface area contributed by atoms with Crippen LogP contribution in [0.3, 0.4) is 0 Å². The topological polar surface area (TPSA) is 75.6 Å². The Morgan fingerprint density at radius 2 is 2.10 bits per heavy atom. The van der Waals surface area contributed by atoms with E-state index in [9.17, 15) is 8.42 Å². The quantitative estimate of drug-likeness (QED) is 0.796. The molecule has 0 saturated heterocycles. The van der Waals surface area contributed by atoms with E-state index in [1.54, 1.807) is 12.1 Å². The highest BCUT2D eigenvalue weighted by Crippen LogP contribution is 2.44. The Kier molecular flexibility index (Phi) is 4.36. The zero-order chi connectivity index (χ0) is 14.8. The molecule has 0 atom stereocenters. The molecule has 5 nitrogen and oxygen atoms in total. The maximum absolute atomic E-state index is 12.4. The second-order valence-electron chi connectivity index (χ2n) is 5.58. The number of hydrogen-bond acceptors (Lipinski definition) is 4. The molecule has 0 unspecified atom stereocenters. The molecule has 0 radical (unpaired) electrons. The molecule has 20 heavy (non-hydrogen) atoms. The van der Waals surface area contributed by atoms with Crippen LogP contribution in [0.5, 0.6) is 5.75 Å². The molecule has 0 aromatic heterocycles. The molecule has 2 N–H and O–H groups in total. The lowest BCUT2D eigenvalue weighted by molar-refractivity contribution is 0.298. The second-order valence-corrected chi connectivity index (χ2v) is 7.32. The molecule has 2 rings (SSSR count). The molecule has 0 heterocycles. The van der Waals surface area contributed by atoms with Gasteiger partial charge in [-0.3, -0.25) is 0 Å². The lowest BCUT2D eigenvalue weighted by Crippen LogP contribution is -2.30. The molecular formula is C14H21NO4S. The monoisotopic (exact) mass is 299 g/mol. The van der Waals surface area contributed by atoms with E-state index in [0.717, 1.165) is 12.8 Å². The van der Waals surface area contributed by atoms with Gasteiger partial charge < -0.3 is 9.84 Å².